The van der Waals surface area contributed by atoms with Crippen LogP contribution in [0.5, 0.6) is 0 Å². The predicted molar refractivity (Wildman–Crippen MR) is 277 cm³/mol. The van der Waals surface area contributed by atoms with Crippen LogP contribution in [0.4, 0.5) is 0 Å². The molecule has 0 saturated heterocycles. The normalized spacial score (nSPS) is 13.8. The van der Waals surface area contributed by atoms with Gasteiger partial charge in [0.15, 0.2) is 6.10 Å². The van der Waals surface area contributed by atoms with Crippen molar-refractivity contribution >= 4 is 19.8 Å². The summed E-state index contributed by atoms with van der Waals surface area (Å²) in [6, 6.07) is 0. The van der Waals surface area contributed by atoms with E-state index in [0.29, 0.717) is 17.4 Å². The largest absolute Gasteiger partial charge is 0.756 e. The van der Waals surface area contributed by atoms with E-state index in [-0.39, 0.29) is 26.1 Å². The topological polar surface area (TPSA) is 111 Å². The minimum atomic E-state index is -4.65. The number of hydrogen-bond acceptors (Lipinski definition) is 8. The number of phosphoric acid groups is 1. The lowest BCUT2D eigenvalue weighted by atomic mass is 10.0. The molecular weight excluding hydrogens is 846 g/mol. The number of hydrogen-bond donors (Lipinski definition) is 0. The Bertz CT molecular complexity index is 1300. The van der Waals surface area contributed by atoms with Gasteiger partial charge in [-0.1, -0.05) is 229 Å². The molecule has 0 bridgehead atoms. The van der Waals surface area contributed by atoms with Crippen molar-refractivity contribution in [2.75, 3.05) is 47.5 Å². The van der Waals surface area contributed by atoms with Crippen molar-refractivity contribution in [3.05, 3.63) is 60.8 Å². The molecule has 0 heterocycles. The van der Waals surface area contributed by atoms with E-state index in [4.69, 9.17) is 18.5 Å². The third-order valence-corrected chi connectivity index (χ3v) is 12.5. The lowest BCUT2D eigenvalue weighted by molar-refractivity contribution is -0.870. The van der Waals surface area contributed by atoms with Crippen LogP contribution in [0.25, 0.3) is 0 Å². The summed E-state index contributed by atoms with van der Waals surface area (Å²) in [4.78, 5) is 37.7. The van der Waals surface area contributed by atoms with Crippen LogP contribution < -0.4 is 4.89 Å². The van der Waals surface area contributed by atoms with Gasteiger partial charge in [-0.2, -0.15) is 0 Å². The third-order valence-electron chi connectivity index (χ3n) is 11.6. The number of allylic oxidation sites excluding steroid dienone is 10. The van der Waals surface area contributed by atoms with Crippen LogP contribution in [-0.2, 0) is 32.7 Å². The van der Waals surface area contributed by atoms with E-state index in [9.17, 15) is 19.0 Å². The van der Waals surface area contributed by atoms with Gasteiger partial charge in [-0.25, -0.2) is 0 Å². The standard InChI is InChI=1S/C56H102NO8P/c1-6-8-10-12-14-16-18-20-22-24-26-27-28-29-31-32-34-36-38-40-42-44-46-48-55(58)62-52-54(53-64-66(60,61)63-51-50-57(3,4)5)65-56(59)49-47-45-43-41-39-37-35-33-30-25-23-21-19-17-15-13-11-9-7-2/h15,17,21,23,30,33,37,39,43,45,54H,6-14,16,18-20,22,24-29,31-32,34-36,38,40-42,44,46-53H2,1-5H3/b17-15+,23-21+,33-30+,39-37+,45-43+/t54-/m1/s1. The number of nitrogens with zero attached hydrogens (tertiary/aromatic N) is 1. The van der Waals surface area contributed by atoms with E-state index in [0.717, 1.165) is 44.9 Å². The zero-order valence-corrected chi connectivity index (χ0v) is 44.3. The minimum absolute atomic E-state index is 0.0450. The molecule has 0 saturated carbocycles. The zero-order chi connectivity index (χ0) is 48.5. The molecular formula is C56H102NO8P. The highest BCUT2D eigenvalue weighted by Crippen LogP contribution is 2.38. The van der Waals surface area contributed by atoms with Crippen LogP contribution in [0.1, 0.15) is 232 Å². The van der Waals surface area contributed by atoms with E-state index in [2.05, 4.69) is 62.5 Å². The Balaban J connectivity index is 4.28. The number of phosphoric ester groups is 1. The molecule has 0 radical (unpaired) electrons. The number of esters is 2. The summed E-state index contributed by atoms with van der Waals surface area (Å²) in [5.74, 6) is -0.924. The lowest BCUT2D eigenvalue weighted by Gasteiger charge is -2.28. The summed E-state index contributed by atoms with van der Waals surface area (Å²) < 4.78 is 34.0. The van der Waals surface area contributed by atoms with Gasteiger partial charge in [0, 0.05) is 12.8 Å². The molecule has 0 amide bonds. The molecule has 1 unspecified atom stereocenters. The van der Waals surface area contributed by atoms with Crippen LogP contribution in [0.2, 0.25) is 0 Å². The van der Waals surface area contributed by atoms with Gasteiger partial charge in [0.05, 0.1) is 27.7 Å². The summed E-state index contributed by atoms with van der Waals surface area (Å²) in [5, 5.41) is 0. The van der Waals surface area contributed by atoms with Crippen molar-refractivity contribution < 1.29 is 42.1 Å². The highest BCUT2D eigenvalue weighted by atomic mass is 31.2. The van der Waals surface area contributed by atoms with E-state index >= 15 is 0 Å². The lowest BCUT2D eigenvalue weighted by Crippen LogP contribution is -2.37. The van der Waals surface area contributed by atoms with Gasteiger partial charge in [-0.15, -0.1) is 0 Å². The van der Waals surface area contributed by atoms with Gasteiger partial charge in [0.25, 0.3) is 7.82 Å². The van der Waals surface area contributed by atoms with Crippen molar-refractivity contribution in [2.24, 2.45) is 0 Å². The molecule has 0 aromatic carbocycles. The van der Waals surface area contributed by atoms with Crippen molar-refractivity contribution in [2.45, 2.75) is 238 Å². The van der Waals surface area contributed by atoms with Crippen molar-refractivity contribution in [3.63, 3.8) is 0 Å². The molecule has 0 aromatic heterocycles. The van der Waals surface area contributed by atoms with Gasteiger partial charge in [0.2, 0.25) is 0 Å². The first-order valence-corrected chi connectivity index (χ1v) is 28.5. The molecule has 66 heavy (non-hydrogen) atoms. The van der Waals surface area contributed by atoms with Gasteiger partial charge in [0.1, 0.15) is 19.8 Å². The fourth-order valence-electron chi connectivity index (χ4n) is 7.35. The van der Waals surface area contributed by atoms with Gasteiger partial charge in [-0.3, -0.25) is 14.2 Å². The molecule has 9 nitrogen and oxygen atoms in total. The highest BCUT2D eigenvalue weighted by molar-refractivity contribution is 7.45. The van der Waals surface area contributed by atoms with Crippen LogP contribution in [0.15, 0.2) is 60.8 Å². The van der Waals surface area contributed by atoms with E-state index in [1.165, 1.54) is 154 Å². The average molecular weight is 948 g/mol. The maximum atomic E-state index is 12.7. The summed E-state index contributed by atoms with van der Waals surface area (Å²) in [7, 11) is 1.12. The van der Waals surface area contributed by atoms with Gasteiger partial charge < -0.3 is 27.9 Å². The second-order valence-electron chi connectivity index (χ2n) is 19.2. The first-order valence-electron chi connectivity index (χ1n) is 27.0. The fourth-order valence-corrected chi connectivity index (χ4v) is 8.07. The van der Waals surface area contributed by atoms with Crippen molar-refractivity contribution in [3.8, 4) is 0 Å². The summed E-state index contributed by atoms with van der Waals surface area (Å²) in [5.41, 5.74) is 0. The van der Waals surface area contributed by atoms with Crippen LogP contribution in [0, 0.1) is 0 Å². The molecule has 384 valence electrons. The number of carbonyl (C=O) groups is 2. The molecule has 0 rings (SSSR count). The molecule has 10 heteroatoms. The Morgan fingerprint density at radius 1 is 0.470 bits per heavy atom. The first kappa shape index (κ1) is 63.7. The molecule has 0 aliphatic rings. The second-order valence-corrected chi connectivity index (χ2v) is 20.7. The quantitative estimate of drug-likeness (QED) is 0.0195. The average Bonchev–Trinajstić information content (AvgIpc) is 3.27. The first-order chi connectivity index (χ1) is 32.0. The Morgan fingerprint density at radius 3 is 1.27 bits per heavy atom. The van der Waals surface area contributed by atoms with Crippen LogP contribution >= 0.6 is 7.82 Å². The number of ether oxygens (including phenoxy) is 2. The molecule has 0 spiro atoms. The van der Waals surface area contributed by atoms with Gasteiger partial charge >= 0.3 is 11.9 Å². The summed E-state index contributed by atoms with van der Waals surface area (Å²) >= 11 is 0. The Kier molecular flexibility index (Phi) is 46.1. The molecule has 0 N–H and O–H groups in total. The number of likely N-dealkylation sites (N-methyl/N-ethyl adjacent to an activating group) is 1. The number of rotatable bonds is 49. The molecule has 0 aromatic rings. The van der Waals surface area contributed by atoms with Crippen LogP contribution in [-0.4, -0.2) is 70.0 Å². The highest BCUT2D eigenvalue weighted by Gasteiger charge is 2.21. The maximum absolute atomic E-state index is 12.7. The zero-order valence-electron chi connectivity index (χ0n) is 43.4. The second kappa shape index (κ2) is 47.8. The molecule has 0 aliphatic carbocycles. The number of carbonyl (C=O) groups excluding carboxylic acids is 2. The molecule has 0 fully saturated rings. The third kappa shape index (κ3) is 51.1. The van der Waals surface area contributed by atoms with E-state index < -0.39 is 32.5 Å². The maximum Gasteiger partial charge on any atom is 0.306 e. The van der Waals surface area contributed by atoms with E-state index in [1.54, 1.807) is 0 Å². The van der Waals surface area contributed by atoms with Crippen molar-refractivity contribution in [1.29, 1.82) is 0 Å². The predicted octanol–water partition coefficient (Wildman–Crippen LogP) is 15.7. The molecule has 2 atom stereocenters. The van der Waals surface area contributed by atoms with Gasteiger partial charge in [-0.05, 0) is 51.4 Å². The SMILES string of the molecule is CCCCC/C=C/C/C=C/C/C=C/C/C=C/C/C=C/CCC(=O)O[C@H](COC(=O)CCCCCCCCCCCCCCCCCCCCCCCCC)COP(=O)([O-])OCC[N+](C)(C)C. The number of quaternary nitrogens is 1. The summed E-state index contributed by atoms with van der Waals surface area (Å²) in [6.45, 7) is 4.14. The number of unbranched alkanes of at least 4 members (excludes halogenated alkanes) is 25. The minimum Gasteiger partial charge on any atom is -0.756 e. The Hall–Kier alpha value is -2.29. The summed E-state index contributed by atoms with van der Waals surface area (Å²) in [6.07, 6.45) is 59.9. The smallest absolute Gasteiger partial charge is 0.306 e. The van der Waals surface area contributed by atoms with E-state index in [1.807, 2.05) is 33.3 Å². The van der Waals surface area contributed by atoms with Crippen LogP contribution in [0.3, 0.4) is 0 Å². The van der Waals surface area contributed by atoms with Crippen molar-refractivity contribution in [1.82, 2.24) is 0 Å². The fraction of sp³-hybridized carbons (Fsp3) is 0.786. The molecule has 0 aliphatic heterocycles. The Morgan fingerprint density at radius 2 is 0.848 bits per heavy atom. The Labute approximate surface area is 406 Å². The monoisotopic (exact) mass is 948 g/mol.